The van der Waals surface area contributed by atoms with Gasteiger partial charge in [-0.05, 0) is 43.7 Å². The number of carbonyl (C=O) groups is 1. The Labute approximate surface area is 123 Å². The van der Waals surface area contributed by atoms with Crippen LogP contribution in [0.4, 0.5) is 0 Å². The summed E-state index contributed by atoms with van der Waals surface area (Å²) in [7, 11) is 0. The SMILES string of the molecule is O=C(NCCN1CCC[C@H](O)C1)c1ccc2occc2c1. The first-order valence-corrected chi connectivity index (χ1v) is 7.38. The molecule has 0 unspecified atom stereocenters. The van der Waals surface area contributed by atoms with Crippen molar-refractivity contribution in [1.82, 2.24) is 10.2 Å². The molecule has 2 N–H and O–H groups in total. The number of β-amino-alcohol motifs (C(OH)–C–C–N with tert-alkyl or cyclic N) is 1. The van der Waals surface area contributed by atoms with E-state index in [9.17, 15) is 9.90 Å². The number of carbonyl (C=O) groups excluding carboxylic acids is 1. The van der Waals surface area contributed by atoms with Crippen molar-refractivity contribution < 1.29 is 14.3 Å². The molecule has 0 bridgehead atoms. The Morgan fingerprint density at radius 1 is 1.43 bits per heavy atom. The largest absolute Gasteiger partial charge is 0.464 e. The summed E-state index contributed by atoms with van der Waals surface area (Å²) in [6.07, 6.45) is 3.30. The van der Waals surface area contributed by atoms with E-state index < -0.39 is 0 Å². The maximum Gasteiger partial charge on any atom is 0.251 e. The maximum atomic E-state index is 12.1. The van der Waals surface area contributed by atoms with Crippen LogP contribution >= 0.6 is 0 Å². The van der Waals surface area contributed by atoms with Gasteiger partial charge in [-0.25, -0.2) is 0 Å². The lowest BCUT2D eigenvalue weighted by Crippen LogP contribution is -2.42. The lowest BCUT2D eigenvalue weighted by Gasteiger charge is -2.29. The second-order valence-electron chi connectivity index (χ2n) is 5.53. The lowest BCUT2D eigenvalue weighted by molar-refractivity contribution is 0.0703. The zero-order valence-corrected chi connectivity index (χ0v) is 11.9. The molecular weight excluding hydrogens is 268 g/mol. The summed E-state index contributed by atoms with van der Waals surface area (Å²) in [5, 5.41) is 13.5. The number of nitrogens with zero attached hydrogens (tertiary/aromatic N) is 1. The van der Waals surface area contributed by atoms with Gasteiger partial charge in [-0.15, -0.1) is 0 Å². The minimum Gasteiger partial charge on any atom is -0.464 e. The number of likely N-dealkylation sites (tertiary alicyclic amines) is 1. The van der Waals surface area contributed by atoms with E-state index >= 15 is 0 Å². The number of aliphatic hydroxyl groups is 1. The molecule has 1 fully saturated rings. The van der Waals surface area contributed by atoms with Crippen molar-refractivity contribution >= 4 is 16.9 Å². The predicted octanol–water partition coefficient (Wildman–Crippen LogP) is 1.62. The quantitative estimate of drug-likeness (QED) is 0.897. The zero-order chi connectivity index (χ0) is 14.7. The van der Waals surface area contributed by atoms with Gasteiger partial charge in [0.25, 0.3) is 5.91 Å². The molecule has 0 aliphatic carbocycles. The maximum absolute atomic E-state index is 12.1. The molecule has 1 amide bonds. The van der Waals surface area contributed by atoms with Crippen LogP contribution in [0, 0.1) is 0 Å². The van der Waals surface area contributed by atoms with Gasteiger partial charge in [0.15, 0.2) is 0 Å². The summed E-state index contributed by atoms with van der Waals surface area (Å²) in [5.41, 5.74) is 1.43. The molecule has 1 aromatic heterocycles. The Bertz CT molecular complexity index is 623. The number of aliphatic hydroxyl groups excluding tert-OH is 1. The highest BCUT2D eigenvalue weighted by atomic mass is 16.3. The predicted molar refractivity (Wildman–Crippen MR) is 80.2 cm³/mol. The molecule has 21 heavy (non-hydrogen) atoms. The fourth-order valence-corrected chi connectivity index (χ4v) is 2.77. The fraction of sp³-hybridized carbons (Fsp3) is 0.438. The van der Waals surface area contributed by atoms with E-state index in [1.54, 1.807) is 12.3 Å². The molecule has 3 rings (SSSR count). The fourth-order valence-electron chi connectivity index (χ4n) is 2.77. The number of piperidine rings is 1. The second-order valence-corrected chi connectivity index (χ2v) is 5.53. The number of amides is 1. The number of furan rings is 1. The summed E-state index contributed by atoms with van der Waals surface area (Å²) in [6.45, 7) is 3.07. The van der Waals surface area contributed by atoms with Crippen LogP contribution in [0.1, 0.15) is 23.2 Å². The van der Waals surface area contributed by atoms with E-state index in [1.165, 1.54) is 0 Å². The number of nitrogens with one attached hydrogen (secondary N) is 1. The Morgan fingerprint density at radius 2 is 2.33 bits per heavy atom. The molecule has 2 heterocycles. The summed E-state index contributed by atoms with van der Waals surface area (Å²) in [4.78, 5) is 14.3. The first-order valence-electron chi connectivity index (χ1n) is 7.38. The molecule has 1 aromatic carbocycles. The van der Waals surface area contributed by atoms with Crippen molar-refractivity contribution in [1.29, 1.82) is 0 Å². The van der Waals surface area contributed by atoms with Crippen LogP contribution in [0.15, 0.2) is 34.9 Å². The normalized spacial score (nSPS) is 19.8. The highest BCUT2D eigenvalue weighted by Crippen LogP contribution is 2.16. The molecule has 1 saturated heterocycles. The molecular formula is C16H20N2O3. The second kappa shape index (κ2) is 6.28. The van der Waals surface area contributed by atoms with Crippen molar-refractivity contribution in [2.75, 3.05) is 26.2 Å². The number of fused-ring (bicyclic) bond motifs is 1. The molecule has 5 heteroatoms. The Kier molecular flexibility index (Phi) is 4.22. The third-order valence-corrected chi connectivity index (χ3v) is 3.91. The van der Waals surface area contributed by atoms with Crippen LogP contribution in [0.3, 0.4) is 0 Å². The minimum atomic E-state index is -0.224. The van der Waals surface area contributed by atoms with Crippen LogP contribution in [0.5, 0.6) is 0 Å². The van der Waals surface area contributed by atoms with Gasteiger partial charge in [0.1, 0.15) is 5.58 Å². The van der Waals surface area contributed by atoms with Crippen LogP contribution in [0.2, 0.25) is 0 Å². The molecule has 2 aromatic rings. The zero-order valence-electron chi connectivity index (χ0n) is 11.9. The molecule has 0 saturated carbocycles. The molecule has 1 atom stereocenters. The first-order chi connectivity index (χ1) is 10.2. The number of benzene rings is 1. The van der Waals surface area contributed by atoms with Crippen LogP contribution < -0.4 is 5.32 Å². The smallest absolute Gasteiger partial charge is 0.251 e. The van der Waals surface area contributed by atoms with Gasteiger partial charge >= 0.3 is 0 Å². The third-order valence-electron chi connectivity index (χ3n) is 3.91. The monoisotopic (exact) mass is 288 g/mol. The van der Waals surface area contributed by atoms with Crippen LogP contribution in [-0.4, -0.2) is 48.2 Å². The molecule has 1 aliphatic heterocycles. The van der Waals surface area contributed by atoms with Crippen molar-refractivity contribution in [2.45, 2.75) is 18.9 Å². The molecule has 1 aliphatic rings. The third kappa shape index (κ3) is 3.43. The number of hydrogen-bond donors (Lipinski definition) is 2. The van der Waals surface area contributed by atoms with Gasteiger partial charge in [-0.3, -0.25) is 9.69 Å². The Hall–Kier alpha value is -1.85. The van der Waals surface area contributed by atoms with E-state index in [2.05, 4.69) is 10.2 Å². The first kappa shape index (κ1) is 14.1. The van der Waals surface area contributed by atoms with E-state index in [-0.39, 0.29) is 12.0 Å². The summed E-state index contributed by atoms with van der Waals surface area (Å²) in [5.74, 6) is -0.0735. The van der Waals surface area contributed by atoms with Crippen molar-refractivity contribution in [3.05, 3.63) is 36.1 Å². The number of hydrogen-bond acceptors (Lipinski definition) is 4. The average molecular weight is 288 g/mol. The topological polar surface area (TPSA) is 65.7 Å². The molecule has 112 valence electrons. The lowest BCUT2D eigenvalue weighted by atomic mass is 10.1. The van der Waals surface area contributed by atoms with Crippen molar-refractivity contribution in [3.8, 4) is 0 Å². The minimum absolute atomic E-state index is 0.0735. The molecule has 5 nitrogen and oxygen atoms in total. The highest BCUT2D eigenvalue weighted by Gasteiger charge is 2.17. The standard InChI is InChI=1S/C16H20N2O3/c19-14-2-1-7-18(11-14)8-6-17-16(20)13-3-4-15-12(10-13)5-9-21-15/h3-5,9-10,14,19H,1-2,6-8,11H2,(H,17,20)/t14-/m0/s1. The Morgan fingerprint density at radius 3 is 3.19 bits per heavy atom. The van der Waals surface area contributed by atoms with E-state index in [0.717, 1.165) is 36.9 Å². The van der Waals surface area contributed by atoms with E-state index in [1.807, 2.05) is 18.2 Å². The average Bonchev–Trinajstić information content (AvgIpc) is 2.94. The van der Waals surface area contributed by atoms with Gasteiger partial charge in [-0.1, -0.05) is 0 Å². The molecule has 0 radical (unpaired) electrons. The Balaban J connectivity index is 1.51. The summed E-state index contributed by atoms with van der Waals surface area (Å²) in [6, 6.07) is 7.26. The highest BCUT2D eigenvalue weighted by molar-refractivity contribution is 5.97. The van der Waals surface area contributed by atoms with Gasteiger partial charge in [0, 0.05) is 30.6 Å². The van der Waals surface area contributed by atoms with Crippen molar-refractivity contribution in [3.63, 3.8) is 0 Å². The summed E-state index contributed by atoms with van der Waals surface area (Å²) < 4.78 is 5.26. The van der Waals surface area contributed by atoms with Gasteiger partial charge in [0.05, 0.1) is 12.4 Å². The van der Waals surface area contributed by atoms with Gasteiger partial charge in [0.2, 0.25) is 0 Å². The van der Waals surface area contributed by atoms with Gasteiger partial charge < -0.3 is 14.8 Å². The van der Waals surface area contributed by atoms with E-state index in [4.69, 9.17) is 4.42 Å². The van der Waals surface area contributed by atoms with Crippen LogP contribution in [-0.2, 0) is 0 Å². The molecule has 0 spiro atoms. The van der Waals surface area contributed by atoms with E-state index in [0.29, 0.717) is 18.7 Å². The van der Waals surface area contributed by atoms with Crippen LogP contribution in [0.25, 0.3) is 11.0 Å². The van der Waals surface area contributed by atoms with Crippen molar-refractivity contribution in [2.24, 2.45) is 0 Å². The number of rotatable bonds is 4. The summed E-state index contributed by atoms with van der Waals surface area (Å²) >= 11 is 0. The van der Waals surface area contributed by atoms with Gasteiger partial charge in [-0.2, -0.15) is 0 Å².